The predicted octanol–water partition coefficient (Wildman–Crippen LogP) is 6.19. The van der Waals surface area contributed by atoms with Gasteiger partial charge >= 0.3 is 0 Å². The van der Waals surface area contributed by atoms with Crippen LogP contribution in [0.1, 0.15) is 37.5 Å². The Kier molecular flexibility index (Phi) is 6.67. The maximum Gasteiger partial charge on any atom is 0.230 e. The smallest absolute Gasteiger partial charge is 0.230 e. The van der Waals surface area contributed by atoms with Crippen LogP contribution in [-0.2, 0) is 29.0 Å². The van der Waals surface area contributed by atoms with Gasteiger partial charge in [0.2, 0.25) is 5.91 Å². The first kappa shape index (κ1) is 25.0. The zero-order chi connectivity index (χ0) is 26.3. The summed E-state index contributed by atoms with van der Waals surface area (Å²) in [5, 5.41) is 4.96. The van der Waals surface area contributed by atoms with Crippen molar-refractivity contribution in [3.05, 3.63) is 71.7 Å². The molecule has 5 aromatic rings. The van der Waals surface area contributed by atoms with Crippen LogP contribution in [0.15, 0.2) is 64.5 Å². The molecule has 0 saturated carbocycles. The summed E-state index contributed by atoms with van der Waals surface area (Å²) in [5.41, 5.74) is 4.85. The topological polar surface area (TPSA) is 90.1 Å². The minimum absolute atomic E-state index is 0.0131. The first-order valence-electron chi connectivity index (χ1n) is 12.6. The van der Waals surface area contributed by atoms with Crippen molar-refractivity contribution in [2.45, 2.75) is 56.9 Å². The van der Waals surface area contributed by atoms with E-state index in [4.69, 9.17) is 14.1 Å². The van der Waals surface area contributed by atoms with Gasteiger partial charge in [0.25, 0.3) is 0 Å². The molecule has 1 atom stereocenters. The number of amides is 1. The highest BCUT2D eigenvalue weighted by Crippen LogP contribution is 2.44. The van der Waals surface area contributed by atoms with E-state index in [1.54, 1.807) is 23.9 Å². The van der Waals surface area contributed by atoms with Gasteiger partial charge in [-0.25, -0.2) is 15.0 Å². The maximum absolute atomic E-state index is 12.8. The van der Waals surface area contributed by atoms with E-state index in [2.05, 4.69) is 41.3 Å². The number of pyridine rings is 1. The van der Waals surface area contributed by atoms with E-state index in [0.29, 0.717) is 6.61 Å². The summed E-state index contributed by atoms with van der Waals surface area (Å²) in [6, 6.07) is 14.0. The Morgan fingerprint density at radius 2 is 2.00 bits per heavy atom. The molecule has 0 bridgehead atoms. The molecule has 7 nitrogen and oxygen atoms in total. The number of nitrogens with zero attached hydrogens (tertiary/aromatic N) is 3. The van der Waals surface area contributed by atoms with Crippen LogP contribution in [0.4, 0.5) is 0 Å². The summed E-state index contributed by atoms with van der Waals surface area (Å²) in [5.74, 6) is 0.996. The normalized spacial score (nSPS) is 15.4. The molecular weight excluding hydrogens is 516 g/mol. The number of carbonyl (C=O) groups excluding carboxylic acids is 1. The Morgan fingerprint density at radius 3 is 2.79 bits per heavy atom. The molecule has 4 aromatic heterocycles. The lowest BCUT2D eigenvalue weighted by Crippen LogP contribution is -2.35. The number of benzene rings is 1. The highest BCUT2D eigenvalue weighted by molar-refractivity contribution is 8.00. The Hall–Kier alpha value is -3.27. The van der Waals surface area contributed by atoms with E-state index in [1.807, 2.05) is 37.3 Å². The van der Waals surface area contributed by atoms with Crippen molar-refractivity contribution in [3.8, 4) is 11.5 Å². The highest BCUT2D eigenvalue weighted by Gasteiger charge is 2.32. The standard InChI is InChI=1S/C29H28N4O3S2/c1-17(12-18-8-5-4-6-9-18)32-22(34)15-37-28-26-25(30-16-31-28)23-19-13-29(2,3)36-14-20(19)24(33-27(23)38-26)21-10-7-11-35-21/h4-11,16-17H,12-15H2,1-3H3,(H,32,34)/t17-/m1/s1. The van der Waals surface area contributed by atoms with Gasteiger partial charge in [-0.3, -0.25) is 4.79 Å². The Bertz CT molecular complexity index is 1610. The van der Waals surface area contributed by atoms with Crippen molar-refractivity contribution in [2.24, 2.45) is 0 Å². The second kappa shape index (κ2) is 10.1. The van der Waals surface area contributed by atoms with Crippen LogP contribution in [0, 0.1) is 0 Å². The maximum atomic E-state index is 12.8. The van der Waals surface area contributed by atoms with Crippen LogP contribution < -0.4 is 5.32 Å². The van der Waals surface area contributed by atoms with Crippen LogP contribution in [0.25, 0.3) is 31.9 Å². The zero-order valence-electron chi connectivity index (χ0n) is 21.5. The third-order valence-corrected chi connectivity index (χ3v) is 8.88. The second-order valence-corrected chi connectivity index (χ2v) is 12.2. The minimum atomic E-state index is -0.297. The van der Waals surface area contributed by atoms with Crippen LogP contribution in [0.2, 0.25) is 0 Å². The van der Waals surface area contributed by atoms with Crippen molar-refractivity contribution >= 4 is 49.4 Å². The molecule has 0 radical (unpaired) electrons. The van der Waals surface area contributed by atoms with Gasteiger partial charge in [-0.1, -0.05) is 42.1 Å². The van der Waals surface area contributed by atoms with Crippen LogP contribution in [-0.4, -0.2) is 38.3 Å². The van der Waals surface area contributed by atoms with Gasteiger partial charge in [-0.05, 0) is 50.5 Å². The number of fused-ring (bicyclic) bond motifs is 5. The Balaban J connectivity index is 1.30. The van der Waals surface area contributed by atoms with Gasteiger partial charge in [-0.2, -0.15) is 0 Å². The molecule has 9 heteroatoms. The first-order valence-corrected chi connectivity index (χ1v) is 14.4. The largest absolute Gasteiger partial charge is 0.463 e. The average molecular weight is 545 g/mol. The molecule has 1 aromatic carbocycles. The zero-order valence-corrected chi connectivity index (χ0v) is 23.1. The van der Waals surface area contributed by atoms with E-state index in [0.717, 1.165) is 55.3 Å². The summed E-state index contributed by atoms with van der Waals surface area (Å²) in [4.78, 5) is 27.9. The van der Waals surface area contributed by atoms with Crippen LogP contribution >= 0.6 is 23.1 Å². The molecule has 5 heterocycles. The molecule has 0 spiro atoms. The van der Waals surface area contributed by atoms with Crippen LogP contribution in [0.5, 0.6) is 0 Å². The number of carbonyl (C=O) groups is 1. The van der Waals surface area contributed by atoms with Gasteiger partial charge < -0.3 is 14.5 Å². The molecule has 0 fully saturated rings. The molecule has 0 saturated heterocycles. The number of nitrogens with one attached hydrogen (secondary N) is 1. The van der Waals surface area contributed by atoms with Crippen molar-refractivity contribution in [1.29, 1.82) is 0 Å². The van der Waals surface area contributed by atoms with E-state index in [-0.39, 0.29) is 23.3 Å². The molecule has 1 aliphatic heterocycles. The molecule has 1 N–H and O–H groups in total. The number of thiophene rings is 1. The van der Waals surface area contributed by atoms with Gasteiger partial charge in [0, 0.05) is 23.4 Å². The van der Waals surface area contributed by atoms with Gasteiger partial charge in [0.15, 0.2) is 5.76 Å². The summed E-state index contributed by atoms with van der Waals surface area (Å²) < 4.78 is 12.8. The monoisotopic (exact) mass is 544 g/mol. The number of furan rings is 1. The lowest BCUT2D eigenvalue weighted by Gasteiger charge is -2.32. The average Bonchev–Trinajstić information content (AvgIpc) is 3.55. The molecule has 1 amide bonds. The third-order valence-electron chi connectivity index (χ3n) is 6.68. The summed E-state index contributed by atoms with van der Waals surface area (Å²) in [6.45, 7) is 6.71. The van der Waals surface area contributed by atoms with Crippen molar-refractivity contribution in [2.75, 3.05) is 5.75 Å². The van der Waals surface area contributed by atoms with Gasteiger partial charge in [-0.15, -0.1) is 11.3 Å². The van der Waals surface area contributed by atoms with Gasteiger partial charge in [0.05, 0.1) is 34.4 Å². The molecule has 1 aliphatic rings. The summed E-state index contributed by atoms with van der Waals surface area (Å²) in [7, 11) is 0. The third kappa shape index (κ3) is 4.93. The first-order chi connectivity index (χ1) is 18.4. The number of thioether (sulfide) groups is 1. The Morgan fingerprint density at radius 1 is 1.16 bits per heavy atom. The van der Waals surface area contributed by atoms with Gasteiger partial charge in [0.1, 0.15) is 21.9 Å². The Labute approximate surface area is 229 Å². The van der Waals surface area contributed by atoms with Crippen molar-refractivity contribution < 1.29 is 13.9 Å². The fraction of sp³-hybridized carbons (Fsp3) is 0.310. The predicted molar refractivity (Wildman–Crippen MR) is 151 cm³/mol. The minimum Gasteiger partial charge on any atom is -0.463 e. The van der Waals surface area contributed by atoms with E-state index in [9.17, 15) is 4.79 Å². The second-order valence-electron chi connectivity index (χ2n) is 10.2. The number of aromatic nitrogens is 3. The van der Waals surface area contributed by atoms with E-state index < -0.39 is 0 Å². The fourth-order valence-electron chi connectivity index (χ4n) is 4.97. The van der Waals surface area contributed by atoms with Crippen LogP contribution in [0.3, 0.4) is 0 Å². The molecule has 0 aliphatic carbocycles. The van der Waals surface area contributed by atoms with E-state index in [1.165, 1.54) is 22.9 Å². The summed E-state index contributed by atoms with van der Waals surface area (Å²) in [6.07, 6.45) is 4.79. The van der Waals surface area contributed by atoms with Crippen molar-refractivity contribution in [3.63, 3.8) is 0 Å². The van der Waals surface area contributed by atoms with Crippen molar-refractivity contribution in [1.82, 2.24) is 20.3 Å². The number of ether oxygens (including phenoxy) is 1. The van der Waals surface area contributed by atoms with E-state index >= 15 is 0 Å². The number of hydrogen-bond donors (Lipinski definition) is 1. The lowest BCUT2D eigenvalue weighted by molar-refractivity contribution is -0.119. The molecule has 194 valence electrons. The molecule has 6 rings (SSSR count). The molecular formula is C29H28N4O3S2. The lowest BCUT2D eigenvalue weighted by atomic mass is 9.89. The summed E-state index contributed by atoms with van der Waals surface area (Å²) >= 11 is 3.01. The highest BCUT2D eigenvalue weighted by atomic mass is 32.2. The SMILES string of the molecule is C[C@H](Cc1ccccc1)NC(=O)CSc1ncnc2c1sc1nc(-c3ccco3)c3c(c12)CC(C)(C)OC3. The molecule has 0 unspecified atom stereocenters. The number of hydrogen-bond acceptors (Lipinski definition) is 8. The molecule has 38 heavy (non-hydrogen) atoms. The quantitative estimate of drug-likeness (QED) is 0.193. The number of rotatable bonds is 7. The fourth-order valence-corrected chi connectivity index (χ4v) is 7.02.